The van der Waals surface area contributed by atoms with Crippen LogP contribution < -0.4 is 11.6 Å². The molecule has 0 spiro atoms. The first-order valence-electron chi connectivity index (χ1n) is 1.16. The van der Waals surface area contributed by atoms with Crippen molar-refractivity contribution in [1.29, 1.82) is 0 Å². The summed E-state index contributed by atoms with van der Waals surface area (Å²) >= 11 is 0. The minimum Gasteiger partial charge on any atom is -0.349 e. The fraction of sp³-hybridized carbons (Fsp3) is 0. The third-order valence-corrected chi connectivity index (χ3v) is 0.221. The van der Waals surface area contributed by atoms with Crippen molar-refractivity contribution < 1.29 is 10.1 Å². The van der Waals surface area contributed by atoms with Crippen molar-refractivity contribution >= 4 is 6.02 Å². The predicted octanol–water partition coefficient (Wildman–Crippen LogP) is -1.34. The highest BCUT2D eigenvalue weighted by Crippen LogP contribution is 1.55. The molecule has 0 rings (SSSR count). The molecule has 0 fully saturated rings. The third-order valence-electron chi connectivity index (χ3n) is 0.221. The first-order valence-corrected chi connectivity index (χ1v) is 1.16. The second kappa shape index (κ2) is 2.28. The average molecular weight is 91.1 g/mol. The summed E-state index contributed by atoms with van der Waals surface area (Å²) in [6.45, 7) is 0. The van der Waals surface area contributed by atoms with Gasteiger partial charge in [0, 0.05) is 0 Å². The van der Waals surface area contributed by atoms with Gasteiger partial charge in [0.05, 0.1) is 0 Å². The summed E-state index contributed by atoms with van der Waals surface area (Å²) in [6.07, 6.45) is 0. The lowest BCUT2D eigenvalue weighted by molar-refractivity contribution is -0.156. The molecule has 5 heteroatoms. The van der Waals surface area contributed by atoms with E-state index in [0.29, 0.717) is 0 Å². The maximum Gasteiger partial charge on any atom is 0.340 e. The first-order chi connectivity index (χ1) is 2.81. The fourth-order valence-electron chi connectivity index (χ4n) is 0.0236. The molecule has 0 heterocycles. The molecule has 0 aromatic carbocycles. The van der Waals surface area contributed by atoms with Crippen LogP contribution in [-0.2, 0) is 4.89 Å². The Balaban J connectivity index is 3.22. The highest BCUT2D eigenvalue weighted by atomic mass is 17.1. The van der Waals surface area contributed by atoms with Crippen molar-refractivity contribution in [2.75, 3.05) is 0 Å². The van der Waals surface area contributed by atoms with Gasteiger partial charge < -0.3 is 11.6 Å². The minimum absolute atomic E-state index is 0.449. The largest absolute Gasteiger partial charge is 0.349 e. The summed E-state index contributed by atoms with van der Waals surface area (Å²) in [6, 6.07) is -0.449. The number of amidine groups is 1. The Hall–Kier alpha value is -0.970. The van der Waals surface area contributed by atoms with Gasteiger partial charge in [-0.15, -0.1) is 5.10 Å². The smallest absolute Gasteiger partial charge is 0.340 e. The van der Waals surface area contributed by atoms with Gasteiger partial charge in [-0.05, 0) is 0 Å². The second-order valence-corrected chi connectivity index (χ2v) is 0.559. The molecule has 0 aliphatic heterocycles. The van der Waals surface area contributed by atoms with Gasteiger partial charge in [-0.25, -0.2) is 0 Å². The van der Waals surface area contributed by atoms with Crippen LogP contribution in [0.1, 0.15) is 0 Å². The predicted molar refractivity (Wildman–Crippen MR) is 19.5 cm³/mol. The van der Waals surface area contributed by atoms with Crippen molar-refractivity contribution in [3.63, 3.8) is 0 Å². The van der Waals surface area contributed by atoms with Crippen molar-refractivity contribution in [3.05, 3.63) is 0 Å². The quantitative estimate of drug-likeness (QED) is 0.113. The van der Waals surface area contributed by atoms with Gasteiger partial charge in [0.25, 0.3) is 0 Å². The molecule has 0 aliphatic rings. The summed E-state index contributed by atoms with van der Waals surface area (Å²) in [5.41, 5.74) is 4.62. The van der Waals surface area contributed by atoms with Gasteiger partial charge in [0.2, 0.25) is 0 Å². The molecule has 0 unspecified atom stereocenters. The van der Waals surface area contributed by atoms with E-state index in [1.807, 2.05) is 0 Å². The van der Waals surface area contributed by atoms with Crippen molar-refractivity contribution in [1.82, 2.24) is 0 Å². The molecule has 0 aliphatic carbocycles. The summed E-state index contributed by atoms with van der Waals surface area (Å²) in [4.78, 5) is 3.30. The minimum atomic E-state index is -0.449. The van der Waals surface area contributed by atoms with E-state index in [1.165, 1.54) is 0 Å². The van der Waals surface area contributed by atoms with Gasteiger partial charge in [0.1, 0.15) is 0 Å². The second-order valence-electron chi connectivity index (χ2n) is 0.559. The Morgan fingerprint density at radius 1 is 1.83 bits per heavy atom. The summed E-state index contributed by atoms with van der Waals surface area (Å²) in [5, 5.41) is 10.2. The average Bonchev–Trinajstić information content (AvgIpc) is 1.65. The molecule has 0 aromatic heterocycles. The SMILES string of the molecule is NN=C(N)OO. The van der Waals surface area contributed by atoms with Crippen LogP contribution in [0.3, 0.4) is 0 Å². The van der Waals surface area contributed by atoms with Crippen LogP contribution in [0, 0.1) is 0 Å². The van der Waals surface area contributed by atoms with Crippen molar-refractivity contribution in [2.45, 2.75) is 0 Å². The van der Waals surface area contributed by atoms with Gasteiger partial charge in [-0.3, -0.25) is 4.89 Å². The first kappa shape index (κ1) is 5.03. The van der Waals surface area contributed by atoms with Crippen molar-refractivity contribution in [2.24, 2.45) is 16.7 Å². The van der Waals surface area contributed by atoms with E-state index < -0.39 is 6.02 Å². The molecule has 0 bridgehead atoms. The lowest BCUT2D eigenvalue weighted by Gasteiger charge is -1.85. The van der Waals surface area contributed by atoms with E-state index >= 15 is 0 Å². The number of hydrogen-bond acceptors (Lipinski definition) is 4. The molecule has 6 heavy (non-hydrogen) atoms. The van der Waals surface area contributed by atoms with Gasteiger partial charge in [-0.1, -0.05) is 0 Å². The Morgan fingerprint density at radius 3 is 2.33 bits per heavy atom. The van der Waals surface area contributed by atoms with Crippen LogP contribution in [0.2, 0.25) is 0 Å². The molecule has 5 nitrogen and oxygen atoms in total. The highest BCUT2D eigenvalue weighted by Gasteiger charge is 1.79. The summed E-state index contributed by atoms with van der Waals surface area (Å²) < 4.78 is 0. The maximum atomic E-state index is 7.50. The van der Waals surface area contributed by atoms with Crippen LogP contribution in [0.15, 0.2) is 5.10 Å². The third kappa shape index (κ3) is 1.36. The number of hydrazone groups is 1. The van der Waals surface area contributed by atoms with Crippen LogP contribution >= 0.6 is 0 Å². The van der Waals surface area contributed by atoms with Crippen LogP contribution in [0.4, 0.5) is 0 Å². The topological polar surface area (TPSA) is 93.9 Å². The Labute approximate surface area is 34.1 Å². The standard InChI is InChI=1S/CH5N3O2/c2-1(4-3)6-5/h5H,3H2,(H2,2,4). The zero-order valence-electron chi connectivity index (χ0n) is 2.96. The zero-order chi connectivity index (χ0) is 4.99. The summed E-state index contributed by atoms with van der Waals surface area (Å²) in [5.74, 6) is 4.46. The summed E-state index contributed by atoms with van der Waals surface area (Å²) in [7, 11) is 0. The van der Waals surface area contributed by atoms with E-state index in [2.05, 4.69) is 21.6 Å². The van der Waals surface area contributed by atoms with Gasteiger partial charge in [0.15, 0.2) is 0 Å². The van der Waals surface area contributed by atoms with Crippen LogP contribution in [0.25, 0.3) is 0 Å². The lowest BCUT2D eigenvalue weighted by atomic mass is 11.2. The van der Waals surface area contributed by atoms with E-state index in [-0.39, 0.29) is 0 Å². The highest BCUT2D eigenvalue weighted by molar-refractivity contribution is 5.69. The Morgan fingerprint density at radius 2 is 2.33 bits per heavy atom. The molecular weight excluding hydrogens is 86.0 g/mol. The van der Waals surface area contributed by atoms with E-state index in [0.717, 1.165) is 0 Å². The molecule has 0 amide bonds. The van der Waals surface area contributed by atoms with E-state index in [1.54, 1.807) is 0 Å². The monoisotopic (exact) mass is 91.0 g/mol. The Kier molecular flexibility index (Phi) is 1.91. The Bertz CT molecular complexity index is 59.8. The van der Waals surface area contributed by atoms with E-state index in [4.69, 9.17) is 5.26 Å². The molecule has 0 aromatic rings. The molecule has 5 N–H and O–H groups in total. The van der Waals surface area contributed by atoms with Gasteiger partial charge in [-0.2, -0.15) is 5.26 Å². The number of rotatable bonds is 0. The van der Waals surface area contributed by atoms with E-state index in [9.17, 15) is 0 Å². The normalized spacial score (nSPS) is 11.2. The number of nitrogens with two attached hydrogens (primary N) is 2. The molecular formula is CH5N3O2. The lowest BCUT2D eigenvalue weighted by Crippen LogP contribution is -2.15. The molecule has 0 saturated carbocycles. The molecule has 0 radical (unpaired) electrons. The fourth-order valence-corrected chi connectivity index (χ4v) is 0.0236. The number of nitrogens with zero attached hydrogens (tertiary/aromatic N) is 1. The number of hydrogen-bond donors (Lipinski definition) is 3. The molecule has 0 atom stereocenters. The maximum absolute atomic E-state index is 7.50. The van der Waals surface area contributed by atoms with Gasteiger partial charge >= 0.3 is 6.02 Å². The van der Waals surface area contributed by atoms with Crippen LogP contribution in [-0.4, -0.2) is 11.3 Å². The molecule has 36 valence electrons. The van der Waals surface area contributed by atoms with Crippen molar-refractivity contribution in [3.8, 4) is 0 Å². The van der Waals surface area contributed by atoms with Crippen LogP contribution in [0.5, 0.6) is 0 Å². The molecule has 0 saturated heterocycles. The zero-order valence-corrected chi connectivity index (χ0v) is 2.96.